The van der Waals surface area contributed by atoms with Gasteiger partial charge in [0.15, 0.2) is 5.78 Å². The number of nitrogens with one attached hydrogen (secondary N) is 3. The highest BCUT2D eigenvalue weighted by Crippen LogP contribution is 2.31. The Morgan fingerprint density at radius 3 is 2.75 bits per heavy atom. The topological polar surface area (TPSA) is 99.8 Å². The Morgan fingerprint density at radius 2 is 1.97 bits per heavy atom. The van der Waals surface area contributed by atoms with Crippen LogP contribution in [-0.2, 0) is 0 Å². The number of halogens is 1. The van der Waals surface area contributed by atoms with Gasteiger partial charge in [0.05, 0.1) is 10.7 Å². The van der Waals surface area contributed by atoms with E-state index < -0.39 is 0 Å². The first-order chi connectivity index (χ1) is 15.6. The number of H-pyrrole nitrogens is 1. The summed E-state index contributed by atoms with van der Waals surface area (Å²) in [5.74, 6) is -0.263. The van der Waals surface area contributed by atoms with Gasteiger partial charge in [0.25, 0.3) is 0 Å². The molecular formula is C24H22ClN5O2. The lowest BCUT2D eigenvalue weighted by molar-refractivity contribution is 0.104. The summed E-state index contributed by atoms with van der Waals surface area (Å²) >= 11 is 6.51. The maximum atomic E-state index is 13.4. The molecule has 4 rings (SSSR count). The number of rotatable bonds is 7. The van der Waals surface area contributed by atoms with Crippen LogP contribution in [0.1, 0.15) is 35.7 Å². The van der Waals surface area contributed by atoms with Crippen molar-refractivity contribution in [3.63, 3.8) is 0 Å². The molecule has 3 N–H and O–H groups in total. The molecular weight excluding hydrogens is 426 g/mol. The van der Waals surface area contributed by atoms with Crippen LogP contribution in [0.4, 0.5) is 10.5 Å². The van der Waals surface area contributed by atoms with Gasteiger partial charge in [-0.05, 0) is 30.7 Å². The fourth-order valence-corrected chi connectivity index (χ4v) is 3.64. The van der Waals surface area contributed by atoms with Gasteiger partial charge in [-0.1, -0.05) is 37.1 Å². The molecule has 162 valence electrons. The molecule has 0 aliphatic carbocycles. The smallest absolute Gasteiger partial charge is 0.319 e. The first-order valence-electron chi connectivity index (χ1n) is 10.3. The minimum absolute atomic E-state index is 0.189. The van der Waals surface area contributed by atoms with Crippen molar-refractivity contribution in [1.82, 2.24) is 20.3 Å². The van der Waals surface area contributed by atoms with Crippen LogP contribution < -0.4 is 10.6 Å². The maximum Gasteiger partial charge on any atom is 0.319 e. The number of urea groups is 1. The molecule has 0 saturated carbocycles. The average Bonchev–Trinajstić information content (AvgIpc) is 3.24. The summed E-state index contributed by atoms with van der Waals surface area (Å²) in [5.41, 5.74) is 3.47. The Hall–Kier alpha value is -3.71. The fourth-order valence-electron chi connectivity index (χ4n) is 3.38. The highest BCUT2D eigenvalue weighted by atomic mass is 35.5. The largest absolute Gasteiger partial charge is 0.345 e. The Balaban J connectivity index is 1.64. The zero-order valence-electron chi connectivity index (χ0n) is 17.5. The Morgan fingerprint density at radius 1 is 1.09 bits per heavy atom. The summed E-state index contributed by atoms with van der Waals surface area (Å²) in [7, 11) is 0. The average molecular weight is 448 g/mol. The SMILES string of the molecule is CCCCNC(=O)Nc1cccc(C(=O)c2c[nH]c3ncc(-c4cccnc4)cc23)c1Cl. The van der Waals surface area contributed by atoms with E-state index >= 15 is 0 Å². The molecule has 3 aromatic heterocycles. The van der Waals surface area contributed by atoms with Crippen molar-refractivity contribution in [3.05, 3.63) is 77.3 Å². The van der Waals surface area contributed by atoms with E-state index in [4.69, 9.17) is 11.6 Å². The molecule has 0 unspecified atom stereocenters. The summed E-state index contributed by atoms with van der Waals surface area (Å²) in [4.78, 5) is 37.1. The minimum atomic E-state index is -0.359. The lowest BCUT2D eigenvalue weighted by atomic mass is 10.0. The third kappa shape index (κ3) is 4.48. The van der Waals surface area contributed by atoms with E-state index in [1.165, 1.54) is 0 Å². The lowest BCUT2D eigenvalue weighted by Gasteiger charge is -2.11. The number of carbonyl (C=O) groups excluding carboxylic acids is 2. The van der Waals surface area contributed by atoms with Crippen LogP contribution in [0, 0.1) is 0 Å². The standard InChI is InChI=1S/C24H22ClN5O2/c1-2-3-10-27-24(32)30-20-8-4-7-17(21(20)25)22(31)19-14-29-23-18(19)11-16(13-28-23)15-6-5-9-26-12-15/h4-9,11-14H,2-3,10H2,1H3,(H,28,29)(H2,27,30,32). The molecule has 0 fully saturated rings. The van der Waals surface area contributed by atoms with Crippen LogP contribution in [0.5, 0.6) is 0 Å². The number of carbonyl (C=O) groups is 2. The molecule has 0 radical (unpaired) electrons. The third-order valence-corrected chi connectivity index (χ3v) is 5.49. The quantitative estimate of drug-likeness (QED) is 0.260. The predicted molar refractivity (Wildman–Crippen MR) is 126 cm³/mol. The van der Waals surface area contributed by atoms with Gasteiger partial charge >= 0.3 is 6.03 Å². The zero-order chi connectivity index (χ0) is 22.5. The van der Waals surface area contributed by atoms with Gasteiger partial charge in [-0.25, -0.2) is 9.78 Å². The lowest BCUT2D eigenvalue weighted by Crippen LogP contribution is -2.29. The third-order valence-electron chi connectivity index (χ3n) is 5.08. The molecule has 7 nitrogen and oxygen atoms in total. The van der Waals surface area contributed by atoms with Gasteiger partial charge in [0, 0.05) is 59.0 Å². The van der Waals surface area contributed by atoms with Gasteiger partial charge in [-0.15, -0.1) is 0 Å². The second-order valence-electron chi connectivity index (χ2n) is 7.29. The Kier molecular flexibility index (Phi) is 6.47. The number of ketones is 1. The van der Waals surface area contributed by atoms with Gasteiger partial charge < -0.3 is 15.6 Å². The summed E-state index contributed by atoms with van der Waals surface area (Å²) in [6.07, 6.45) is 8.67. The molecule has 32 heavy (non-hydrogen) atoms. The number of aromatic nitrogens is 3. The Labute approximate surface area is 190 Å². The summed E-state index contributed by atoms with van der Waals surface area (Å²) in [5, 5.41) is 6.36. The molecule has 0 aliphatic heterocycles. The van der Waals surface area contributed by atoms with Crippen LogP contribution in [0.3, 0.4) is 0 Å². The van der Waals surface area contributed by atoms with Crippen molar-refractivity contribution in [3.8, 4) is 11.1 Å². The fraction of sp³-hybridized carbons (Fsp3) is 0.167. The first-order valence-corrected chi connectivity index (χ1v) is 10.7. The number of aromatic amines is 1. The summed E-state index contributed by atoms with van der Waals surface area (Å²) in [6.45, 7) is 2.62. The Bertz CT molecular complexity index is 1270. The van der Waals surface area contributed by atoms with Crippen molar-refractivity contribution < 1.29 is 9.59 Å². The predicted octanol–water partition coefficient (Wildman–Crippen LogP) is 5.43. The molecule has 1 aromatic carbocycles. The number of pyridine rings is 2. The second kappa shape index (κ2) is 9.62. The second-order valence-corrected chi connectivity index (χ2v) is 7.67. The molecule has 8 heteroatoms. The summed E-state index contributed by atoms with van der Waals surface area (Å²) in [6, 6.07) is 10.3. The van der Waals surface area contributed by atoms with Crippen molar-refractivity contribution >= 4 is 40.1 Å². The van der Waals surface area contributed by atoms with E-state index in [-0.39, 0.29) is 16.8 Å². The van der Waals surface area contributed by atoms with Crippen LogP contribution >= 0.6 is 11.6 Å². The van der Waals surface area contributed by atoms with Crippen LogP contribution in [0.2, 0.25) is 5.02 Å². The number of anilines is 1. The van der Waals surface area contributed by atoms with Crippen LogP contribution in [0.25, 0.3) is 22.2 Å². The van der Waals surface area contributed by atoms with E-state index in [1.54, 1.807) is 43.0 Å². The van der Waals surface area contributed by atoms with E-state index in [9.17, 15) is 9.59 Å². The van der Waals surface area contributed by atoms with E-state index in [1.807, 2.05) is 25.1 Å². The van der Waals surface area contributed by atoms with Crippen molar-refractivity contribution in [1.29, 1.82) is 0 Å². The monoisotopic (exact) mass is 447 g/mol. The normalized spacial score (nSPS) is 10.8. The number of nitrogens with zero attached hydrogens (tertiary/aromatic N) is 2. The number of unbranched alkanes of at least 4 members (excludes halogenated alkanes) is 1. The molecule has 0 saturated heterocycles. The molecule has 0 spiro atoms. The molecule has 0 bridgehead atoms. The molecule has 2 amide bonds. The number of hydrogen-bond donors (Lipinski definition) is 3. The minimum Gasteiger partial charge on any atom is -0.345 e. The molecule has 0 aliphatic rings. The maximum absolute atomic E-state index is 13.4. The van der Waals surface area contributed by atoms with Gasteiger partial charge in [-0.2, -0.15) is 0 Å². The number of benzene rings is 1. The van der Waals surface area contributed by atoms with Gasteiger partial charge in [0.2, 0.25) is 0 Å². The molecule has 3 heterocycles. The molecule has 4 aromatic rings. The summed E-state index contributed by atoms with van der Waals surface area (Å²) < 4.78 is 0. The number of hydrogen-bond acceptors (Lipinski definition) is 4. The van der Waals surface area contributed by atoms with Crippen molar-refractivity contribution in [2.45, 2.75) is 19.8 Å². The van der Waals surface area contributed by atoms with E-state index in [0.29, 0.717) is 34.4 Å². The van der Waals surface area contributed by atoms with Crippen molar-refractivity contribution in [2.75, 3.05) is 11.9 Å². The highest BCUT2D eigenvalue weighted by molar-refractivity contribution is 6.38. The van der Waals surface area contributed by atoms with Crippen molar-refractivity contribution in [2.24, 2.45) is 0 Å². The first kappa shape index (κ1) is 21.5. The van der Waals surface area contributed by atoms with Crippen LogP contribution in [-0.4, -0.2) is 33.3 Å². The molecule has 0 atom stereocenters. The number of fused-ring (bicyclic) bond motifs is 1. The number of amides is 2. The van der Waals surface area contributed by atoms with Gasteiger partial charge in [0.1, 0.15) is 5.65 Å². The van der Waals surface area contributed by atoms with E-state index in [2.05, 4.69) is 25.6 Å². The zero-order valence-corrected chi connectivity index (χ0v) is 18.2. The van der Waals surface area contributed by atoms with Crippen LogP contribution in [0.15, 0.2) is 61.2 Å². The van der Waals surface area contributed by atoms with E-state index in [0.717, 1.165) is 24.0 Å². The van der Waals surface area contributed by atoms with Gasteiger partial charge in [-0.3, -0.25) is 9.78 Å². The highest BCUT2D eigenvalue weighted by Gasteiger charge is 2.20.